The van der Waals surface area contributed by atoms with Gasteiger partial charge in [0.25, 0.3) is 10.1 Å². The SMILES string of the molecule is COCCOCCOCCOCCOCCCS(=O)(=O)OC(C)(C)C. The second-order valence-electron chi connectivity index (χ2n) is 6.25. The molecule has 0 heterocycles. The summed E-state index contributed by atoms with van der Waals surface area (Å²) in [5.74, 6) is -0.0502. The molecule has 8 nitrogen and oxygen atoms in total. The van der Waals surface area contributed by atoms with Crippen LogP contribution in [0.4, 0.5) is 0 Å². The Bertz CT molecular complexity index is 391. The fourth-order valence-electron chi connectivity index (χ4n) is 1.66. The van der Waals surface area contributed by atoms with Gasteiger partial charge in [0.05, 0.1) is 64.2 Å². The highest BCUT2D eigenvalue weighted by molar-refractivity contribution is 7.86. The molecule has 0 aromatic carbocycles. The molecule has 0 aliphatic carbocycles. The Morgan fingerprint density at radius 1 is 0.680 bits per heavy atom. The minimum Gasteiger partial charge on any atom is -0.382 e. The third-order valence-corrected chi connectivity index (χ3v) is 4.15. The summed E-state index contributed by atoms with van der Waals surface area (Å²) in [6.07, 6.45) is 0.393. The monoisotopic (exact) mass is 386 g/mol. The van der Waals surface area contributed by atoms with Gasteiger partial charge in [0.1, 0.15) is 0 Å². The van der Waals surface area contributed by atoms with Gasteiger partial charge in [-0.2, -0.15) is 8.42 Å². The van der Waals surface area contributed by atoms with E-state index in [0.29, 0.717) is 65.9 Å². The first-order valence-corrected chi connectivity index (χ1v) is 10.1. The molecule has 0 bridgehead atoms. The maximum Gasteiger partial charge on any atom is 0.267 e. The van der Waals surface area contributed by atoms with Crippen molar-refractivity contribution in [2.24, 2.45) is 0 Å². The van der Waals surface area contributed by atoms with Crippen molar-refractivity contribution in [3.63, 3.8) is 0 Å². The smallest absolute Gasteiger partial charge is 0.267 e. The molecule has 152 valence electrons. The number of methoxy groups -OCH3 is 1. The largest absolute Gasteiger partial charge is 0.382 e. The molecule has 9 heteroatoms. The normalized spacial score (nSPS) is 12.6. The van der Waals surface area contributed by atoms with E-state index in [-0.39, 0.29) is 5.75 Å². The summed E-state index contributed by atoms with van der Waals surface area (Å²) in [6, 6.07) is 0. The Morgan fingerprint density at radius 2 is 1.08 bits per heavy atom. The first kappa shape index (κ1) is 24.7. The fourth-order valence-corrected chi connectivity index (χ4v) is 2.98. The average Bonchev–Trinajstić information content (AvgIpc) is 2.48. The molecule has 0 fully saturated rings. The minimum absolute atomic E-state index is 0.0502. The zero-order valence-corrected chi connectivity index (χ0v) is 16.8. The minimum atomic E-state index is -3.50. The van der Waals surface area contributed by atoms with Crippen molar-refractivity contribution in [3.8, 4) is 0 Å². The number of ether oxygens (including phenoxy) is 5. The highest BCUT2D eigenvalue weighted by atomic mass is 32.2. The second kappa shape index (κ2) is 14.8. The molecule has 0 saturated heterocycles. The second-order valence-corrected chi connectivity index (χ2v) is 7.94. The summed E-state index contributed by atoms with van der Waals surface area (Å²) in [4.78, 5) is 0. The molecule has 0 saturated carbocycles. The maximum atomic E-state index is 11.6. The molecular formula is C16H34O8S. The van der Waals surface area contributed by atoms with Crippen molar-refractivity contribution < 1.29 is 36.3 Å². The molecular weight excluding hydrogens is 352 g/mol. The molecule has 0 aliphatic rings. The van der Waals surface area contributed by atoms with Crippen LogP contribution in [0.25, 0.3) is 0 Å². The Labute approximate surface area is 152 Å². The molecule has 0 aliphatic heterocycles. The van der Waals surface area contributed by atoms with Gasteiger partial charge in [-0.25, -0.2) is 0 Å². The summed E-state index contributed by atoms with van der Waals surface area (Å²) >= 11 is 0. The topological polar surface area (TPSA) is 89.5 Å². The van der Waals surface area contributed by atoms with Gasteiger partial charge in [-0.3, -0.25) is 4.18 Å². The van der Waals surface area contributed by atoms with Gasteiger partial charge in [-0.1, -0.05) is 0 Å². The van der Waals surface area contributed by atoms with Gasteiger partial charge in [0.15, 0.2) is 0 Å². The van der Waals surface area contributed by atoms with Gasteiger partial charge < -0.3 is 23.7 Å². The third-order valence-electron chi connectivity index (χ3n) is 2.61. The first-order valence-electron chi connectivity index (χ1n) is 8.50. The van der Waals surface area contributed by atoms with Gasteiger partial charge in [-0.05, 0) is 27.2 Å². The lowest BCUT2D eigenvalue weighted by Gasteiger charge is -2.18. The predicted molar refractivity (Wildman–Crippen MR) is 94.4 cm³/mol. The molecule has 0 aromatic rings. The average molecular weight is 387 g/mol. The van der Waals surface area contributed by atoms with Crippen molar-refractivity contribution >= 4 is 10.1 Å². The zero-order valence-electron chi connectivity index (χ0n) is 16.0. The number of hydrogen-bond donors (Lipinski definition) is 0. The van der Waals surface area contributed by atoms with Gasteiger partial charge in [0.2, 0.25) is 0 Å². The van der Waals surface area contributed by atoms with Crippen LogP contribution in [0.5, 0.6) is 0 Å². The van der Waals surface area contributed by atoms with Crippen LogP contribution in [-0.4, -0.2) is 86.3 Å². The Kier molecular flexibility index (Phi) is 14.7. The van der Waals surface area contributed by atoms with Crippen LogP contribution in [0.2, 0.25) is 0 Å². The third kappa shape index (κ3) is 19.9. The lowest BCUT2D eigenvalue weighted by molar-refractivity contribution is -0.00770. The lowest BCUT2D eigenvalue weighted by atomic mass is 10.2. The molecule has 0 radical (unpaired) electrons. The first-order chi connectivity index (χ1) is 11.8. The fraction of sp³-hybridized carbons (Fsp3) is 1.00. The van der Waals surface area contributed by atoms with Crippen LogP contribution >= 0.6 is 0 Å². The van der Waals surface area contributed by atoms with E-state index in [2.05, 4.69) is 0 Å². The van der Waals surface area contributed by atoms with E-state index in [1.165, 1.54) is 0 Å². The van der Waals surface area contributed by atoms with E-state index in [4.69, 9.17) is 27.9 Å². The Hall–Kier alpha value is -0.290. The van der Waals surface area contributed by atoms with E-state index in [9.17, 15) is 8.42 Å². The summed E-state index contributed by atoms with van der Waals surface area (Å²) in [7, 11) is -1.87. The van der Waals surface area contributed by atoms with Crippen molar-refractivity contribution in [2.75, 3.05) is 72.3 Å². The zero-order chi connectivity index (χ0) is 19.0. The summed E-state index contributed by atoms with van der Waals surface area (Å²) in [5, 5.41) is 0. The van der Waals surface area contributed by atoms with Gasteiger partial charge in [-0.15, -0.1) is 0 Å². The van der Waals surface area contributed by atoms with Crippen LogP contribution in [-0.2, 0) is 38.0 Å². The molecule has 0 N–H and O–H groups in total. The van der Waals surface area contributed by atoms with Crippen LogP contribution in [0.1, 0.15) is 27.2 Å². The van der Waals surface area contributed by atoms with Gasteiger partial charge in [0, 0.05) is 13.7 Å². The van der Waals surface area contributed by atoms with Crippen LogP contribution in [0, 0.1) is 0 Å². The summed E-state index contributed by atoms with van der Waals surface area (Å²) < 4.78 is 54.4. The highest BCUT2D eigenvalue weighted by Gasteiger charge is 2.21. The standard InChI is InChI=1S/C16H34O8S/c1-16(2,3)24-25(17,18)15-5-6-20-9-10-22-13-14-23-12-11-21-8-7-19-4/h5-15H2,1-4H3. The van der Waals surface area contributed by atoms with Crippen molar-refractivity contribution in [3.05, 3.63) is 0 Å². The number of hydrogen-bond acceptors (Lipinski definition) is 8. The van der Waals surface area contributed by atoms with E-state index in [1.54, 1.807) is 27.9 Å². The molecule has 0 spiro atoms. The van der Waals surface area contributed by atoms with Crippen LogP contribution < -0.4 is 0 Å². The Balaban J connectivity index is 3.29. The van der Waals surface area contributed by atoms with E-state index in [0.717, 1.165) is 0 Å². The molecule has 25 heavy (non-hydrogen) atoms. The highest BCUT2D eigenvalue weighted by Crippen LogP contribution is 2.12. The summed E-state index contributed by atoms with van der Waals surface area (Å²) in [6.45, 7) is 9.51. The van der Waals surface area contributed by atoms with Crippen molar-refractivity contribution in [1.29, 1.82) is 0 Å². The molecule has 0 amide bonds. The van der Waals surface area contributed by atoms with Gasteiger partial charge >= 0.3 is 0 Å². The molecule has 0 rings (SSSR count). The lowest BCUT2D eigenvalue weighted by Crippen LogP contribution is -2.26. The van der Waals surface area contributed by atoms with Crippen molar-refractivity contribution in [2.45, 2.75) is 32.8 Å². The van der Waals surface area contributed by atoms with Crippen molar-refractivity contribution in [1.82, 2.24) is 0 Å². The quantitative estimate of drug-likeness (QED) is 0.272. The van der Waals surface area contributed by atoms with E-state index in [1.807, 2.05) is 0 Å². The Morgan fingerprint density at radius 3 is 1.48 bits per heavy atom. The number of rotatable bonds is 17. The molecule has 0 aromatic heterocycles. The predicted octanol–water partition coefficient (Wildman–Crippen LogP) is 1.23. The molecule has 0 atom stereocenters. The van der Waals surface area contributed by atoms with E-state index < -0.39 is 15.7 Å². The molecule has 0 unspecified atom stereocenters. The van der Waals surface area contributed by atoms with Crippen LogP contribution in [0.3, 0.4) is 0 Å². The summed E-state index contributed by atoms with van der Waals surface area (Å²) in [5.41, 5.74) is -0.703. The van der Waals surface area contributed by atoms with E-state index >= 15 is 0 Å². The maximum absolute atomic E-state index is 11.6. The van der Waals surface area contributed by atoms with Crippen LogP contribution in [0.15, 0.2) is 0 Å².